The van der Waals surface area contributed by atoms with Crippen LogP contribution in [-0.2, 0) is 0 Å². The van der Waals surface area contributed by atoms with Crippen LogP contribution in [0.1, 0.15) is 10.5 Å². The maximum Gasteiger partial charge on any atom is 0.352 e. The number of aromatic amines is 1. The standard InChI is InChI=1S/C10H9NO4/c1-15-9-3-5-2-7(10(13)14)11-6(5)4-8(9)12/h2-4,11-12H,1H3,(H,13,14). The third-order valence-electron chi connectivity index (χ3n) is 2.15. The van der Waals surface area contributed by atoms with E-state index in [2.05, 4.69) is 4.98 Å². The van der Waals surface area contributed by atoms with E-state index in [0.29, 0.717) is 16.7 Å². The van der Waals surface area contributed by atoms with E-state index in [4.69, 9.17) is 9.84 Å². The summed E-state index contributed by atoms with van der Waals surface area (Å²) in [6, 6.07) is 4.49. The molecular formula is C10H9NO4. The highest BCUT2D eigenvalue weighted by atomic mass is 16.5. The number of carboxylic acids is 1. The highest BCUT2D eigenvalue weighted by molar-refractivity contribution is 5.94. The van der Waals surface area contributed by atoms with Gasteiger partial charge < -0.3 is 19.9 Å². The minimum Gasteiger partial charge on any atom is -0.504 e. The number of phenolic OH excluding ortho intramolecular Hbond substituents is 1. The lowest BCUT2D eigenvalue weighted by molar-refractivity contribution is 0.0691. The van der Waals surface area contributed by atoms with E-state index in [-0.39, 0.29) is 11.4 Å². The molecule has 15 heavy (non-hydrogen) atoms. The van der Waals surface area contributed by atoms with Crippen molar-refractivity contribution in [3.05, 3.63) is 23.9 Å². The molecule has 0 spiro atoms. The van der Waals surface area contributed by atoms with Crippen LogP contribution in [0.25, 0.3) is 10.9 Å². The smallest absolute Gasteiger partial charge is 0.352 e. The molecule has 1 aromatic heterocycles. The van der Waals surface area contributed by atoms with Crippen LogP contribution in [0.5, 0.6) is 11.5 Å². The fraction of sp³-hybridized carbons (Fsp3) is 0.100. The van der Waals surface area contributed by atoms with E-state index in [0.717, 1.165) is 0 Å². The van der Waals surface area contributed by atoms with E-state index in [1.165, 1.54) is 19.2 Å². The quantitative estimate of drug-likeness (QED) is 0.698. The Morgan fingerprint density at radius 1 is 1.40 bits per heavy atom. The fourth-order valence-corrected chi connectivity index (χ4v) is 1.43. The van der Waals surface area contributed by atoms with Crippen LogP contribution in [0.4, 0.5) is 0 Å². The van der Waals surface area contributed by atoms with Crippen LogP contribution in [0.3, 0.4) is 0 Å². The van der Waals surface area contributed by atoms with Gasteiger partial charge in [-0.2, -0.15) is 0 Å². The van der Waals surface area contributed by atoms with Crippen LogP contribution in [0, 0.1) is 0 Å². The topological polar surface area (TPSA) is 82.5 Å². The molecule has 2 aromatic rings. The summed E-state index contributed by atoms with van der Waals surface area (Å²) in [5.74, 6) is -0.744. The third-order valence-corrected chi connectivity index (χ3v) is 2.15. The van der Waals surface area contributed by atoms with Gasteiger partial charge in [-0.15, -0.1) is 0 Å². The van der Waals surface area contributed by atoms with Crippen LogP contribution in [-0.4, -0.2) is 28.3 Å². The van der Waals surface area contributed by atoms with Crippen molar-refractivity contribution in [1.29, 1.82) is 0 Å². The Kier molecular flexibility index (Phi) is 2.00. The van der Waals surface area contributed by atoms with Crippen molar-refractivity contribution < 1.29 is 19.7 Å². The second kappa shape index (κ2) is 3.20. The molecule has 5 nitrogen and oxygen atoms in total. The van der Waals surface area contributed by atoms with Crippen LogP contribution in [0.15, 0.2) is 18.2 Å². The van der Waals surface area contributed by atoms with E-state index >= 15 is 0 Å². The summed E-state index contributed by atoms with van der Waals surface area (Å²) in [6.07, 6.45) is 0. The molecule has 0 aliphatic carbocycles. The fourth-order valence-electron chi connectivity index (χ4n) is 1.43. The molecule has 1 heterocycles. The number of aromatic hydroxyl groups is 1. The van der Waals surface area contributed by atoms with Crippen molar-refractivity contribution in [3.8, 4) is 11.5 Å². The highest BCUT2D eigenvalue weighted by Gasteiger charge is 2.10. The Morgan fingerprint density at radius 2 is 2.13 bits per heavy atom. The maximum atomic E-state index is 10.7. The van der Waals surface area contributed by atoms with Crippen molar-refractivity contribution in [3.63, 3.8) is 0 Å². The minimum atomic E-state index is -1.04. The van der Waals surface area contributed by atoms with Gasteiger partial charge in [0.1, 0.15) is 5.69 Å². The van der Waals surface area contributed by atoms with Gasteiger partial charge in [-0.1, -0.05) is 0 Å². The third kappa shape index (κ3) is 1.48. The zero-order valence-corrected chi connectivity index (χ0v) is 7.94. The lowest BCUT2D eigenvalue weighted by Gasteiger charge is -2.01. The van der Waals surface area contributed by atoms with Gasteiger partial charge in [0.05, 0.1) is 12.6 Å². The van der Waals surface area contributed by atoms with Gasteiger partial charge in [-0.25, -0.2) is 4.79 Å². The van der Waals surface area contributed by atoms with Crippen molar-refractivity contribution in [2.45, 2.75) is 0 Å². The average Bonchev–Trinajstić information content (AvgIpc) is 2.59. The number of aromatic nitrogens is 1. The number of methoxy groups -OCH3 is 1. The van der Waals surface area contributed by atoms with Gasteiger partial charge in [0, 0.05) is 11.5 Å². The number of H-pyrrole nitrogens is 1. The summed E-state index contributed by atoms with van der Waals surface area (Å²) >= 11 is 0. The number of aromatic carboxylic acids is 1. The van der Waals surface area contributed by atoms with Gasteiger partial charge in [0.15, 0.2) is 11.5 Å². The van der Waals surface area contributed by atoms with Gasteiger partial charge in [0.25, 0.3) is 0 Å². The molecule has 0 unspecified atom stereocenters. The molecule has 2 rings (SSSR count). The monoisotopic (exact) mass is 207 g/mol. The van der Waals surface area contributed by atoms with Crippen LogP contribution < -0.4 is 4.74 Å². The predicted octanol–water partition coefficient (Wildman–Crippen LogP) is 1.58. The highest BCUT2D eigenvalue weighted by Crippen LogP contribution is 2.31. The first-order chi connectivity index (χ1) is 7.11. The lowest BCUT2D eigenvalue weighted by atomic mass is 10.2. The summed E-state index contributed by atoms with van der Waals surface area (Å²) in [5.41, 5.74) is 0.642. The number of phenols is 1. The lowest BCUT2D eigenvalue weighted by Crippen LogP contribution is -1.94. The molecule has 0 saturated heterocycles. The number of hydrogen-bond acceptors (Lipinski definition) is 3. The molecule has 0 fully saturated rings. The normalized spacial score (nSPS) is 10.5. The van der Waals surface area contributed by atoms with Gasteiger partial charge in [0.2, 0.25) is 0 Å². The summed E-state index contributed by atoms with van der Waals surface area (Å²) in [7, 11) is 1.44. The number of carbonyl (C=O) groups is 1. The Balaban J connectivity index is 2.66. The van der Waals surface area contributed by atoms with E-state index in [9.17, 15) is 9.90 Å². The Bertz CT molecular complexity index is 529. The van der Waals surface area contributed by atoms with Crippen molar-refractivity contribution in [1.82, 2.24) is 4.98 Å². The minimum absolute atomic E-state index is 0.0243. The number of fused-ring (bicyclic) bond motifs is 1. The molecule has 0 aliphatic rings. The average molecular weight is 207 g/mol. The van der Waals surface area contributed by atoms with Crippen LogP contribution >= 0.6 is 0 Å². The first kappa shape index (κ1) is 9.39. The van der Waals surface area contributed by atoms with Crippen molar-refractivity contribution in [2.24, 2.45) is 0 Å². The SMILES string of the molecule is COc1cc2cc(C(=O)O)[nH]c2cc1O. The predicted molar refractivity (Wildman–Crippen MR) is 53.5 cm³/mol. The molecule has 78 valence electrons. The number of benzene rings is 1. The molecule has 3 N–H and O–H groups in total. The Labute approximate surface area is 84.9 Å². The van der Waals surface area contributed by atoms with E-state index < -0.39 is 5.97 Å². The zero-order valence-electron chi connectivity index (χ0n) is 7.94. The van der Waals surface area contributed by atoms with Crippen molar-refractivity contribution in [2.75, 3.05) is 7.11 Å². The molecule has 0 amide bonds. The molecule has 0 atom stereocenters. The van der Waals surface area contributed by atoms with E-state index in [1.54, 1.807) is 6.07 Å². The molecule has 0 saturated carbocycles. The Hall–Kier alpha value is -2.17. The molecule has 0 bridgehead atoms. The summed E-state index contributed by atoms with van der Waals surface area (Å²) < 4.78 is 4.91. The number of rotatable bonds is 2. The second-order valence-corrected chi connectivity index (χ2v) is 3.10. The van der Waals surface area contributed by atoms with E-state index in [1.807, 2.05) is 0 Å². The molecular weight excluding hydrogens is 198 g/mol. The molecule has 5 heteroatoms. The van der Waals surface area contributed by atoms with Gasteiger partial charge >= 0.3 is 5.97 Å². The number of ether oxygens (including phenoxy) is 1. The molecule has 0 radical (unpaired) electrons. The summed E-state index contributed by atoms with van der Waals surface area (Å²) in [6.45, 7) is 0. The first-order valence-corrected chi connectivity index (χ1v) is 4.25. The summed E-state index contributed by atoms with van der Waals surface area (Å²) in [5, 5.41) is 18.9. The van der Waals surface area contributed by atoms with Gasteiger partial charge in [-0.05, 0) is 12.1 Å². The number of hydrogen-bond donors (Lipinski definition) is 3. The van der Waals surface area contributed by atoms with Crippen LogP contribution in [0.2, 0.25) is 0 Å². The second-order valence-electron chi connectivity index (χ2n) is 3.10. The zero-order chi connectivity index (χ0) is 11.0. The Morgan fingerprint density at radius 3 is 2.73 bits per heavy atom. The van der Waals surface area contributed by atoms with Crippen molar-refractivity contribution >= 4 is 16.9 Å². The largest absolute Gasteiger partial charge is 0.504 e. The molecule has 1 aromatic carbocycles. The maximum absolute atomic E-state index is 10.7. The summed E-state index contributed by atoms with van der Waals surface area (Å²) in [4.78, 5) is 13.4. The molecule has 0 aliphatic heterocycles. The van der Waals surface area contributed by atoms with Gasteiger partial charge in [-0.3, -0.25) is 0 Å². The first-order valence-electron chi connectivity index (χ1n) is 4.25. The number of carboxylic acid groups (broad SMARTS) is 1. The number of nitrogens with one attached hydrogen (secondary N) is 1.